The molecule has 0 fully saturated rings. The molecule has 1 N–H and O–H groups in total. The molecule has 2 unspecified atom stereocenters. The van der Waals surface area contributed by atoms with Crippen LogP contribution < -0.4 is 24.3 Å². The summed E-state index contributed by atoms with van der Waals surface area (Å²) >= 11 is 0. The van der Waals surface area contributed by atoms with Gasteiger partial charge in [-0.1, -0.05) is 53.7 Å². The van der Waals surface area contributed by atoms with E-state index in [0.29, 0.717) is 0 Å². The van der Waals surface area contributed by atoms with Gasteiger partial charge in [0.1, 0.15) is 0 Å². The minimum absolute atomic E-state index is 0.0420. The van der Waals surface area contributed by atoms with Crippen LogP contribution in [-0.4, -0.2) is 28.4 Å². The molecule has 0 aromatic heterocycles. The zero-order chi connectivity index (χ0) is 23.4. The molecule has 0 radical (unpaired) electrons. The molecule has 172 valence electrons. The van der Waals surface area contributed by atoms with Gasteiger partial charge in [0.05, 0.1) is 28.4 Å². The van der Waals surface area contributed by atoms with Crippen molar-refractivity contribution in [2.45, 2.75) is 53.6 Å². The van der Waals surface area contributed by atoms with Crippen molar-refractivity contribution < 1.29 is 18.9 Å². The average molecular weight is 430 g/mol. The van der Waals surface area contributed by atoms with E-state index in [1.807, 2.05) is 12.1 Å². The maximum atomic E-state index is 5.57. The fourth-order valence-electron chi connectivity index (χ4n) is 3.92. The molecule has 2 rings (SSSR count). The van der Waals surface area contributed by atoms with E-state index in [-0.39, 0.29) is 22.9 Å². The molecule has 31 heavy (non-hydrogen) atoms. The van der Waals surface area contributed by atoms with Gasteiger partial charge < -0.3 is 24.3 Å². The summed E-state index contributed by atoms with van der Waals surface area (Å²) in [5.41, 5.74) is 2.22. The lowest BCUT2D eigenvalue weighted by Gasteiger charge is -2.41. The Morgan fingerprint density at radius 1 is 0.548 bits per heavy atom. The summed E-state index contributed by atoms with van der Waals surface area (Å²) in [5, 5.41) is 3.95. The van der Waals surface area contributed by atoms with Crippen molar-refractivity contribution in [1.82, 2.24) is 5.32 Å². The van der Waals surface area contributed by atoms with Crippen LogP contribution >= 0.6 is 0 Å². The number of nitrogens with one attached hydrogen (secondary N) is 1. The Labute approximate surface area is 188 Å². The minimum atomic E-state index is -0.0420. The minimum Gasteiger partial charge on any atom is -0.493 e. The second-order valence-electron chi connectivity index (χ2n) is 9.99. The molecule has 0 bridgehead atoms. The van der Waals surface area contributed by atoms with Crippen LogP contribution in [0.4, 0.5) is 0 Å². The Morgan fingerprint density at radius 2 is 0.871 bits per heavy atom. The highest BCUT2D eigenvalue weighted by molar-refractivity contribution is 5.46. The second-order valence-corrected chi connectivity index (χ2v) is 9.99. The van der Waals surface area contributed by atoms with E-state index >= 15 is 0 Å². The van der Waals surface area contributed by atoms with Crippen molar-refractivity contribution in [3.8, 4) is 23.0 Å². The van der Waals surface area contributed by atoms with E-state index in [1.165, 1.54) is 0 Å². The van der Waals surface area contributed by atoms with Gasteiger partial charge in [-0.25, -0.2) is 0 Å². The number of ether oxygens (including phenoxy) is 4. The first-order chi connectivity index (χ1) is 14.5. The smallest absolute Gasteiger partial charge is 0.161 e. The summed E-state index contributed by atoms with van der Waals surface area (Å²) in [6.07, 6.45) is 0. The molecular weight excluding hydrogens is 390 g/mol. The first-order valence-corrected chi connectivity index (χ1v) is 10.7. The van der Waals surface area contributed by atoms with Crippen LogP contribution in [0.5, 0.6) is 23.0 Å². The molecule has 0 amide bonds. The number of rotatable bonds is 8. The zero-order valence-electron chi connectivity index (χ0n) is 20.8. The van der Waals surface area contributed by atoms with Gasteiger partial charge >= 0.3 is 0 Å². The molecule has 0 spiro atoms. The van der Waals surface area contributed by atoms with Crippen LogP contribution in [0.15, 0.2) is 36.4 Å². The standard InChI is InChI=1S/C26H39NO4/c1-25(2,3)23(17-11-13-19(28-7)21(15-17)30-9)27-24(26(4,5)6)18-12-14-20(29-8)22(16-18)31-10/h11-16,23-24,27H,1-10H3. The third-order valence-corrected chi connectivity index (χ3v) is 5.55. The Kier molecular flexibility index (Phi) is 7.87. The fourth-order valence-corrected chi connectivity index (χ4v) is 3.92. The van der Waals surface area contributed by atoms with Gasteiger partial charge in [-0.3, -0.25) is 0 Å². The third kappa shape index (κ3) is 5.85. The first-order valence-electron chi connectivity index (χ1n) is 10.7. The fraction of sp³-hybridized carbons (Fsp3) is 0.538. The van der Waals surface area contributed by atoms with E-state index in [0.717, 1.165) is 34.1 Å². The van der Waals surface area contributed by atoms with Crippen LogP contribution in [-0.2, 0) is 0 Å². The molecule has 5 nitrogen and oxygen atoms in total. The van der Waals surface area contributed by atoms with E-state index in [9.17, 15) is 0 Å². The summed E-state index contributed by atoms with van der Waals surface area (Å²) < 4.78 is 22.0. The molecule has 2 aromatic carbocycles. The van der Waals surface area contributed by atoms with Crippen molar-refractivity contribution in [3.05, 3.63) is 47.5 Å². The van der Waals surface area contributed by atoms with Crippen molar-refractivity contribution in [1.29, 1.82) is 0 Å². The maximum absolute atomic E-state index is 5.57. The van der Waals surface area contributed by atoms with Crippen LogP contribution in [0.1, 0.15) is 64.8 Å². The molecule has 2 atom stereocenters. The van der Waals surface area contributed by atoms with Crippen molar-refractivity contribution in [3.63, 3.8) is 0 Å². The molecule has 2 aromatic rings. The van der Waals surface area contributed by atoms with E-state index in [4.69, 9.17) is 18.9 Å². The maximum Gasteiger partial charge on any atom is 0.161 e. The molecule has 0 saturated heterocycles. The Bertz CT molecular complexity index is 793. The molecule has 0 aliphatic heterocycles. The largest absolute Gasteiger partial charge is 0.493 e. The van der Waals surface area contributed by atoms with Gasteiger partial charge in [0, 0.05) is 12.1 Å². The summed E-state index contributed by atoms with van der Waals surface area (Å²) in [5.74, 6) is 2.92. The molecule has 0 aliphatic carbocycles. The molecule has 0 aliphatic rings. The zero-order valence-corrected chi connectivity index (χ0v) is 20.8. The van der Waals surface area contributed by atoms with Gasteiger partial charge in [-0.15, -0.1) is 0 Å². The Hall–Kier alpha value is -2.40. The highest BCUT2D eigenvalue weighted by Crippen LogP contribution is 2.43. The number of hydrogen-bond donors (Lipinski definition) is 1. The lowest BCUT2D eigenvalue weighted by atomic mass is 9.77. The second kappa shape index (κ2) is 9.82. The van der Waals surface area contributed by atoms with Gasteiger partial charge in [-0.05, 0) is 46.2 Å². The highest BCUT2D eigenvalue weighted by Gasteiger charge is 2.34. The van der Waals surface area contributed by atoms with Crippen LogP contribution in [0.2, 0.25) is 0 Å². The summed E-state index contributed by atoms with van der Waals surface area (Å²) in [6, 6.07) is 12.4. The predicted octanol–water partition coefficient (Wildman–Crippen LogP) is 6.19. The first kappa shape index (κ1) is 24.9. The van der Waals surface area contributed by atoms with Crippen molar-refractivity contribution in [2.24, 2.45) is 10.8 Å². The number of benzene rings is 2. The van der Waals surface area contributed by atoms with Crippen LogP contribution in [0, 0.1) is 10.8 Å². The Balaban J connectivity index is 2.54. The Morgan fingerprint density at radius 3 is 1.13 bits per heavy atom. The third-order valence-electron chi connectivity index (χ3n) is 5.55. The molecular formula is C26H39NO4. The highest BCUT2D eigenvalue weighted by atomic mass is 16.5. The average Bonchev–Trinajstić information content (AvgIpc) is 2.71. The van der Waals surface area contributed by atoms with E-state index in [1.54, 1.807) is 28.4 Å². The number of hydrogen-bond acceptors (Lipinski definition) is 5. The quantitative estimate of drug-likeness (QED) is 0.542. The molecule has 5 heteroatoms. The van der Waals surface area contributed by atoms with E-state index in [2.05, 4.69) is 71.1 Å². The van der Waals surface area contributed by atoms with Gasteiger partial charge in [-0.2, -0.15) is 0 Å². The summed E-state index contributed by atoms with van der Waals surface area (Å²) in [6.45, 7) is 13.5. The van der Waals surface area contributed by atoms with Gasteiger partial charge in [0.25, 0.3) is 0 Å². The lowest BCUT2D eigenvalue weighted by molar-refractivity contribution is 0.184. The molecule has 0 heterocycles. The predicted molar refractivity (Wildman–Crippen MR) is 127 cm³/mol. The summed E-state index contributed by atoms with van der Waals surface area (Å²) in [7, 11) is 6.65. The number of methoxy groups -OCH3 is 4. The topological polar surface area (TPSA) is 49.0 Å². The monoisotopic (exact) mass is 429 g/mol. The van der Waals surface area contributed by atoms with Crippen LogP contribution in [0.3, 0.4) is 0 Å². The van der Waals surface area contributed by atoms with E-state index < -0.39 is 0 Å². The van der Waals surface area contributed by atoms with Gasteiger partial charge in [0.2, 0.25) is 0 Å². The summed E-state index contributed by atoms with van der Waals surface area (Å²) in [4.78, 5) is 0. The lowest BCUT2D eigenvalue weighted by Crippen LogP contribution is -2.40. The molecule has 0 saturated carbocycles. The van der Waals surface area contributed by atoms with Crippen molar-refractivity contribution >= 4 is 0 Å². The van der Waals surface area contributed by atoms with Crippen LogP contribution in [0.25, 0.3) is 0 Å². The van der Waals surface area contributed by atoms with Crippen molar-refractivity contribution in [2.75, 3.05) is 28.4 Å². The SMILES string of the molecule is COc1ccc(C(NC(c2ccc(OC)c(OC)c2)C(C)(C)C)C(C)(C)C)cc1OC. The van der Waals surface area contributed by atoms with Gasteiger partial charge in [0.15, 0.2) is 23.0 Å². The normalized spacial score (nSPS) is 14.0.